The number of hydrogen-bond acceptors (Lipinski definition) is 6. The molecule has 51 heavy (non-hydrogen) atoms. The van der Waals surface area contributed by atoms with Crippen LogP contribution in [0.5, 0.6) is 0 Å². The van der Waals surface area contributed by atoms with Crippen LogP contribution in [0.2, 0.25) is 0 Å². The Labute approximate surface area is 306 Å². The Morgan fingerprint density at radius 1 is 0.961 bits per heavy atom. The van der Waals surface area contributed by atoms with Gasteiger partial charge in [-0.1, -0.05) is 91.4 Å². The molecule has 7 heteroatoms. The Hall–Kier alpha value is -4.04. The summed E-state index contributed by atoms with van der Waals surface area (Å²) in [5.41, 5.74) is 4.25. The van der Waals surface area contributed by atoms with Crippen molar-refractivity contribution in [3.8, 4) is 11.1 Å². The number of ketones is 1. The number of amides is 1. The fourth-order valence-corrected chi connectivity index (χ4v) is 9.06. The highest BCUT2D eigenvalue weighted by molar-refractivity contribution is 7.09. The minimum atomic E-state index is -1.23. The van der Waals surface area contributed by atoms with E-state index < -0.39 is 23.2 Å². The summed E-state index contributed by atoms with van der Waals surface area (Å²) in [6.07, 6.45) is 6.42. The van der Waals surface area contributed by atoms with Crippen LogP contribution in [0.3, 0.4) is 0 Å². The molecular formula is C44H51NO5S. The van der Waals surface area contributed by atoms with Crippen LogP contribution in [0.4, 0.5) is 4.79 Å². The van der Waals surface area contributed by atoms with E-state index in [0.717, 1.165) is 35.1 Å². The summed E-state index contributed by atoms with van der Waals surface area (Å²) < 4.78 is 5.53. The largest absolute Gasteiger partial charge is 0.450 e. The molecule has 3 aliphatic carbocycles. The average molecular weight is 706 g/mol. The zero-order valence-electron chi connectivity index (χ0n) is 30.1. The molecule has 2 bridgehead atoms. The van der Waals surface area contributed by atoms with Gasteiger partial charge in [0.05, 0.1) is 24.9 Å². The summed E-state index contributed by atoms with van der Waals surface area (Å²) in [7, 11) is 0. The van der Waals surface area contributed by atoms with Gasteiger partial charge in [0.2, 0.25) is 0 Å². The van der Waals surface area contributed by atoms with E-state index in [4.69, 9.17) is 4.74 Å². The summed E-state index contributed by atoms with van der Waals surface area (Å²) in [6, 6.07) is 27.9. The molecule has 1 aromatic heterocycles. The molecule has 3 aromatic carbocycles. The first-order chi connectivity index (χ1) is 24.6. The first-order valence-corrected chi connectivity index (χ1v) is 19.3. The van der Waals surface area contributed by atoms with Crippen molar-refractivity contribution in [2.24, 2.45) is 5.41 Å². The number of thiophene rings is 1. The quantitative estimate of drug-likeness (QED) is 0.134. The Balaban J connectivity index is 1.44. The summed E-state index contributed by atoms with van der Waals surface area (Å²) in [6.45, 7) is 6.93. The molecule has 0 spiro atoms. The zero-order valence-corrected chi connectivity index (χ0v) is 31.0. The highest BCUT2D eigenvalue weighted by Crippen LogP contribution is 2.59. The molecule has 1 fully saturated rings. The minimum absolute atomic E-state index is 0.0643. The van der Waals surface area contributed by atoms with Crippen molar-refractivity contribution in [2.75, 3.05) is 19.7 Å². The minimum Gasteiger partial charge on any atom is -0.450 e. The standard InChI is InChI=1S/C44H51NO5S/c1-4-50-42(48)45(26-23-35-15-11-27-51-35)30-44(49)25-22-40-37-21-19-32(28-34(46)20-18-31(2)12-10-24-43(40,44)3)29-39(37)41(47)38-17-9-8-16-36(38)33-13-6-5-7-14-33/h5-9,11-17,19,21,27,29,34,40,46,49H,4,10,18,20,22-26,28,30H2,1-3H3. The normalized spacial score (nSPS) is 23.6. The number of carbonyl (C=O) groups excluding carboxylic acids is 2. The smallest absolute Gasteiger partial charge is 0.409 e. The number of carbonyl (C=O) groups is 2. The number of benzene rings is 3. The van der Waals surface area contributed by atoms with Crippen LogP contribution >= 0.6 is 11.3 Å². The van der Waals surface area contributed by atoms with E-state index in [2.05, 4.69) is 38.1 Å². The summed E-state index contributed by atoms with van der Waals surface area (Å²) >= 11 is 1.66. The van der Waals surface area contributed by atoms with Crippen molar-refractivity contribution < 1.29 is 24.5 Å². The zero-order chi connectivity index (χ0) is 36.0. The molecular weight excluding hydrogens is 655 g/mol. The summed E-state index contributed by atoms with van der Waals surface area (Å²) in [5.74, 6) is -0.215. The highest BCUT2D eigenvalue weighted by atomic mass is 32.1. The van der Waals surface area contributed by atoms with Crippen LogP contribution in [0.25, 0.3) is 11.1 Å². The van der Waals surface area contributed by atoms with E-state index in [1.165, 1.54) is 10.5 Å². The van der Waals surface area contributed by atoms with E-state index in [1.54, 1.807) is 23.2 Å². The predicted octanol–water partition coefficient (Wildman–Crippen LogP) is 9.39. The van der Waals surface area contributed by atoms with Gasteiger partial charge < -0.3 is 19.8 Å². The fraction of sp³-hybridized carbons (Fsp3) is 0.409. The Morgan fingerprint density at radius 2 is 1.75 bits per heavy atom. The van der Waals surface area contributed by atoms with Crippen molar-refractivity contribution in [2.45, 2.75) is 89.8 Å². The van der Waals surface area contributed by atoms with E-state index >= 15 is 0 Å². The predicted molar refractivity (Wildman–Crippen MR) is 205 cm³/mol. The van der Waals surface area contributed by atoms with Crippen LogP contribution in [0.15, 0.2) is 102 Å². The van der Waals surface area contributed by atoms with Gasteiger partial charge in [-0.2, -0.15) is 0 Å². The highest BCUT2D eigenvalue weighted by Gasteiger charge is 2.57. The van der Waals surface area contributed by atoms with Gasteiger partial charge in [-0.05, 0) is 111 Å². The maximum absolute atomic E-state index is 14.9. The van der Waals surface area contributed by atoms with Gasteiger partial charge in [0, 0.05) is 28.0 Å². The lowest BCUT2D eigenvalue weighted by atomic mass is 9.64. The summed E-state index contributed by atoms with van der Waals surface area (Å²) in [4.78, 5) is 31.2. The molecule has 268 valence electrons. The first-order valence-electron chi connectivity index (χ1n) is 18.4. The Morgan fingerprint density at radius 3 is 2.51 bits per heavy atom. The van der Waals surface area contributed by atoms with Crippen LogP contribution < -0.4 is 0 Å². The number of aliphatic hydroxyl groups excluding tert-OH is 1. The molecule has 4 aromatic rings. The fourth-order valence-electron chi connectivity index (χ4n) is 8.36. The Kier molecular flexibility index (Phi) is 11.6. The number of aliphatic hydroxyl groups is 2. The van der Waals surface area contributed by atoms with E-state index in [-0.39, 0.29) is 24.9 Å². The van der Waals surface area contributed by atoms with Gasteiger partial charge >= 0.3 is 6.09 Å². The lowest BCUT2D eigenvalue weighted by molar-refractivity contribution is -0.0807. The number of allylic oxidation sites excluding steroid dienone is 2. The van der Waals surface area contributed by atoms with Gasteiger partial charge in [-0.25, -0.2) is 4.79 Å². The molecule has 7 rings (SSSR count). The van der Waals surface area contributed by atoms with Gasteiger partial charge in [-0.15, -0.1) is 11.3 Å². The topological polar surface area (TPSA) is 87.1 Å². The molecule has 1 amide bonds. The van der Waals surface area contributed by atoms with Crippen molar-refractivity contribution in [1.82, 2.24) is 4.90 Å². The molecule has 2 N–H and O–H groups in total. The number of hydrogen-bond donors (Lipinski definition) is 2. The van der Waals surface area contributed by atoms with Crippen LogP contribution in [-0.4, -0.2) is 58.4 Å². The van der Waals surface area contributed by atoms with Gasteiger partial charge in [0.15, 0.2) is 5.78 Å². The second kappa shape index (κ2) is 16.1. The van der Waals surface area contributed by atoms with E-state index in [1.807, 2.05) is 72.1 Å². The molecule has 4 unspecified atom stereocenters. The SMILES string of the molecule is CCOC(=O)N(CCc1cccs1)CC1(O)CCC2c3ccc(cc3C(=O)c3ccccc3-c3ccccc3)CC(O)CCC(C)=CCCC21C. The third-order valence-corrected chi connectivity index (χ3v) is 12.3. The lowest BCUT2D eigenvalue weighted by Crippen LogP contribution is -2.54. The van der Waals surface area contributed by atoms with Crippen LogP contribution in [-0.2, 0) is 17.6 Å². The van der Waals surface area contributed by atoms with Gasteiger partial charge in [0.25, 0.3) is 0 Å². The molecule has 0 aliphatic heterocycles. The third-order valence-electron chi connectivity index (χ3n) is 11.4. The molecule has 1 saturated carbocycles. The molecule has 0 radical (unpaired) electrons. The number of fused-ring (bicyclic) bond motifs is 8. The number of nitrogens with zero attached hydrogens (tertiary/aromatic N) is 1. The third kappa shape index (κ3) is 8.06. The molecule has 1 heterocycles. The monoisotopic (exact) mass is 705 g/mol. The van der Waals surface area contributed by atoms with Gasteiger partial charge in [0.1, 0.15) is 0 Å². The average Bonchev–Trinajstić information content (AvgIpc) is 3.75. The lowest BCUT2D eigenvalue weighted by Gasteiger charge is -2.46. The second-order valence-corrected chi connectivity index (χ2v) is 15.7. The Bertz CT molecular complexity index is 1840. The second-order valence-electron chi connectivity index (χ2n) is 14.6. The van der Waals surface area contributed by atoms with Crippen LogP contribution in [0, 0.1) is 5.41 Å². The molecule has 0 saturated heterocycles. The van der Waals surface area contributed by atoms with Crippen molar-refractivity contribution in [3.05, 3.63) is 129 Å². The van der Waals surface area contributed by atoms with Gasteiger partial charge in [-0.3, -0.25) is 4.79 Å². The van der Waals surface area contributed by atoms with Crippen molar-refractivity contribution >= 4 is 23.2 Å². The van der Waals surface area contributed by atoms with Crippen LogP contribution in [0.1, 0.15) is 97.1 Å². The molecule has 6 nitrogen and oxygen atoms in total. The molecule has 4 atom stereocenters. The van der Waals surface area contributed by atoms with Crippen molar-refractivity contribution in [3.63, 3.8) is 0 Å². The first kappa shape index (κ1) is 36.7. The summed E-state index contributed by atoms with van der Waals surface area (Å²) in [5, 5.41) is 26.0. The van der Waals surface area contributed by atoms with Crippen molar-refractivity contribution in [1.29, 1.82) is 0 Å². The number of ether oxygens (including phenoxy) is 1. The molecule has 3 aliphatic rings. The van der Waals surface area contributed by atoms with E-state index in [9.17, 15) is 19.8 Å². The maximum Gasteiger partial charge on any atom is 0.409 e. The number of rotatable bonds is 9. The van der Waals surface area contributed by atoms with E-state index in [0.29, 0.717) is 56.2 Å². The maximum atomic E-state index is 14.9.